The van der Waals surface area contributed by atoms with Crippen LogP contribution in [0.4, 0.5) is 19.0 Å². The number of nitrogens with two attached hydrogens (primary N) is 1. The van der Waals surface area contributed by atoms with Gasteiger partial charge in [0.05, 0.1) is 27.4 Å². The maximum atomic E-state index is 12.7. The number of carbonyl (C=O) groups excluding carboxylic acids is 2. The minimum Gasteiger partial charge on any atom is -0.384 e. The molecule has 2 aromatic rings. The van der Waals surface area contributed by atoms with Gasteiger partial charge >= 0.3 is 6.18 Å². The quantitative estimate of drug-likeness (QED) is 0.763. The number of hydrogen-bond donors (Lipinski definition) is 2. The predicted octanol–water partition coefficient (Wildman–Crippen LogP) is 1.98. The summed E-state index contributed by atoms with van der Waals surface area (Å²) in [7, 11) is 0. The van der Waals surface area contributed by atoms with Gasteiger partial charge in [0.1, 0.15) is 5.82 Å². The smallest absolute Gasteiger partial charge is 0.384 e. The second kappa shape index (κ2) is 5.10. The van der Waals surface area contributed by atoms with Crippen molar-refractivity contribution in [1.29, 1.82) is 0 Å². The van der Waals surface area contributed by atoms with Gasteiger partial charge in [-0.1, -0.05) is 11.6 Å². The second-order valence-electron chi connectivity index (χ2n) is 4.94. The van der Waals surface area contributed by atoms with Crippen molar-refractivity contribution >= 4 is 29.2 Å². The number of rotatable bonds is 1. The Labute approximate surface area is 136 Å². The Kier molecular flexibility index (Phi) is 3.41. The molecule has 1 aliphatic heterocycles. The van der Waals surface area contributed by atoms with Crippen LogP contribution in [0.5, 0.6) is 0 Å². The van der Waals surface area contributed by atoms with Crippen LogP contribution in [-0.2, 0) is 6.18 Å². The molecule has 10 heteroatoms. The van der Waals surface area contributed by atoms with Gasteiger partial charge in [-0.3, -0.25) is 24.3 Å². The third-order valence-corrected chi connectivity index (χ3v) is 3.78. The van der Waals surface area contributed by atoms with Gasteiger partial charge in [0.25, 0.3) is 17.4 Å². The lowest BCUT2D eigenvalue weighted by atomic mass is 10.1. The Balaban J connectivity index is 2.24. The summed E-state index contributed by atoms with van der Waals surface area (Å²) in [5.41, 5.74) is 3.46. The average Bonchev–Trinajstić information content (AvgIpc) is 2.72. The number of nitrogen functional groups attached to an aromatic ring is 1. The molecule has 0 aliphatic carbocycles. The highest BCUT2D eigenvalue weighted by molar-refractivity contribution is 6.31. The summed E-state index contributed by atoms with van der Waals surface area (Å²) < 4.78 is 39.1. The molecule has 3 N–H and O–H groups in total. The predicted molar refractivity (Wildman–Crippen MR) is 78.3 cm³/mol. The number of carbonyl (C=O) groups is 2. The van der Waals surface area contributed by atoms with Crippen molar-refractivity contribution in [2.75, 3.05) is 5.73 Å². The molecule has 2 amide bonds. The molecule has 6 nitrogen and oxygen atoms in total. The molecule has 0 unspecified atom stereocenters. The molecule has 2 heterocycles. The van der Waals surface area contributed by atoms with Crippen molar-refractivity contribution < 1.29 is 22.8 Å². The lowest BCUT2D eigenvalue weighted by Crippen LogP contribution is -2.24. The minimum absolute atomic E-state index is 0.0644. The summed E-state index contributed by atoms with van der Waals surface area (Å²) in [5.74, 6) is -1.92. The Bertz CT molecular complexity index is 966. The third-order valence-electron chi connectivity index (χ3n) is 3.47. The first-order chi connectivity index (χ1) is 11.1. The van der Waals surface area contributed by atoms with E-state index in [1.165, 1.54) is 0 Å². The van der Waals surface area contributed by atoms with Crippen molar-refractivity contribution in [3.05, 3.63) is 56.3 Å². The third kappa shape index (κ3) is 2.33. The normalized spacial score (nSPS) is 13.8. The van der Waals surface area contributed by atoms with Crippen LogP contribution in [0.25, 0.3) is 5.69 Å². The molecular weight excluding hydrogens is 351 g/mol. The van der Waals surface area contributed by atoms with Gasteiger partial charge in [0, 0.05) is 6.07 Å². The Hall–Kier alpha value is -2.81. The lowest BCUT2D eigenvalue weighted by molar-refractivity contribution is -0.137. The van der Waals surface area contributed by atoms with Crippen LogP contribution in [0.2, 0.25) is 5.02 Å². The summed E-state index contributed by atoms with van der Waals surface area (Å²) in [5, 5.41) is 1.35. The van der Waals surface area contributed by atoms with Crippen LogP contribution in [0.1, 0.15) is 26.3 Å². The van der Waals surface area contributed by atoms with Crippen LogP contribution >= 0.6 is 11.6 Å². The minimum atomic E-state index is -4.66. The number of nitrogens with one attached hydrogen (secondary N) is 1. The zero-order chi connectivity index (χ0) is 17.8. The van der Waals surface area contributed by atoms with Crippen molar-refractivity contribution in [2.45, 2.75) is 6.18 Å². The van der Waals surface area contributed by atoms with Crippen molar-refractivity contribution in [1.82, 2.24) is 9.88 Å². The van der Waals surface area contributed by atoms with Crippen LogP contribution in [0.3, 0.4) is 0 Å². The Morgan fingerprint density at radius 2 is 1.75 bits per heavy atom. The molecule has 0 saturated heterocycles. The molecule has 24 heavy (non-hydrogen) atoms. The fourth-order valence-electron chi connectivity index (χ4n) is 2.42. The maximum Gasteiger partial charge on any atom is 0.417 e. The first kappa shape index (κ1) is 16.1. The van der Waals surface area contributed by atoms with Crippen LogP contribution in [-0.4, -0.2) is 16.4 Å². The van der Waals surface area contributed by atoms with Crippen molar-refractivity contribution in [2.24, 2.45) is 0 Å². The number of anilines is 1. The fourth-order valence-corrected chi connectivity index (χ4v) is 2.70. The molecule has 0 bridgehead atoms. The van der Waals surface area contributed by atoms with Gasteiger partial charge in [0.15, 0.2) is 0 Å². The van der Waals surface area contributed by atoms with Gasteiger partial charge < -0.3 is 5.73 Å². The number of pyridine rings is 1. The number of benzene rings is 1. The van der Waals surface area contributed by atoms with E-state index in [0.29, 0.717) is 6.07 Å². The molecule has 1 aromatic heterocycles. The number of hydrogen-bond acceptors (Lipinski definition) is 4. The van der Waals surface area contributed by atoms with Crippen molar-refractivity contribution in [3.63, 3.8) is 0 Å². The molecule has 0 atom stereocenters. The van der Waals surface area contributed by atoms with E-state index in [2.05, 4.69) is 0 Å². The topological polar surface area (TPSA) is 94.2 Å². The molecule has 0 saturated carbocycles. The van der Waals surface area contributed by atoms with Gasteiger partial charge in [0.2, 0.25) is 0 Å². The number of alkyl halides is 3. The molecule has 1 aromatic carbocycles. The number of amides is 2. The second-order valence-corrected chi connectivity index (χ2v) is 5.34. The highest BCUT2D eigenvalue weighted by atomic mass is 35.5. The molecular formula is C14H7ClF3N3O3. The van der Waals surface area contributed by atoms with E-state index in [4.69, 9.17) is 17.3 Å². The maximum absolute atomic E-state index is 12.7. The molecule has 0 fully saturated rings. The van der Waals surface area contributed by atoms with E-state index >= 15 is 0 Å². The standard InChI is InChI=1S/C14H7ClF3N3O3/c15-8-3-5(1-2-7(8)14(16,17)18)21-9(22)4-6-10(11(21)19)13(24)20-12(6)23/h1-4H,19H2,(H,20,23,24). The number of nitrogens with zero attached hydrogens (tertiary/aromatic N) is 1. The van der Waals surface area contributed by atoms with Gasteiger partial charge in [-0.2, -0.15) is 13.2 Å². The number of imide groups is 1. The van der Waals surface area contributed by atoms with E-state index in [1.807, 2.05) is 5.32 Å². The fraction of sp³-hybridized carbons (Fsp3) is 0.0714. The summed E-state index contributed by atoms with van der Waals surface area (Å²) >= 11 is 5.63. The lowest BCUT2D eigenvalue weighted by Gasteiger charge is -2.14. The number of aromatic nitrogens is 1. The molecule has 0 radical (unpaired) electrons. The van der Waals surface area contributed by atoms with E-state index in [0.717, 1.165) is 22.8 Å². The van der Waals surface area contributed by atoms with E-state index in [1.54, 1.807) is 0 Å². The monoisotopic (exact) mass is 357 g/mol. The van der Waals surface area contributed by atoms with Gasteiger partial charge in [-0.15, -0.1) is 0 Å². The largest absolute Gasteiger partial charge is 0.417 e. The van der Waals surface area contributed by atoms with Crippen LogP contribution < -0.4 is 16.6 Å². The first-order valence-corrected chi connectivity index (χ1v) is 6.77. The highest BCUT2D eigenvalue weighted by Crippen LogP contribution is 2.36. The summed E-state index contributed by atoms with van der Waals surface area (Å²) in [6.07, 6.45) is -4.66. The first-order valence-electron chi connectivity index (χ1n) is 6.39. The molecule has 3 rings (SSSR count). The summed E-state index contributed by atoms with van der Waals surface area (Å²) in [6, 6.07) is 3.48. The zero-order valence-corrected chi connectivity index (χ0v) is 12.3. The average molecular weight is 358 g/mol. The number of halogens is 4. The van der Waals surface area contributed by atoms with Gasteiger partial charge in [-0.05, 0) is 18.2 Å². The molecule has 124 valence electrons. The highest BCUT2D eigenvalue weighted by Gasteiger charge is 2.34. The van der Waals surface area contributed by atoms with E-state index in [-0.39, 0.29) is 22.6 Å². The Morgan fingerprint density at radius 3 is 2.33 bits per heavy atom. The van der Waals surface area contributed by atoms with Crippen LogP contribution in [0, 0.1) is 0 Å². The van der Waals surface area contributed by atoms with Gasteiger partial charge in [-0.25, -0.2) is 0 Å². The van der Waals surface area contributed by atoms with E-state index < -0.39 is 34.1 Å². The summed E-state index contributed by atoms with van der Waals surface area (Å²) in [4.78, 5) is 35.5. The number of fused-ring (bicyclic) bond motifs is 1. The zero-order valence-electron chi connectivity index (χ0n) is 11.6. The SMILES string of the molecule is Nc1c2c(cc(=O)n1-c1ccc(C(F)(F)F)c(Cl)c1)C(=O)NC2=O. The molecule has 0 spiro atoms. The van der Waals surface area contributed by atoms with Crippen LogP contribution in [0.15, 0.2) is 29.1 Å². The molecule has 1 aliphatic rings. The van der Waals surface area contributed by atoms with Crippen molar-refractivity contribution in [3.8, 4) is 5.69 Å². The Morgan fingerprint density at radius 1 is 1.08 bits per heavy atom. The summed E-state index contributed by atoms with van der Waals surface area (Å²) in [6.45, 7) is 0. The van der Waals surface area contributed by atoms with E-state index in [9.17, 15) is 27.6 Å².